The summed E-state index contributed by atoms with van der Waals surface area (Å²) in [6.07, 6.45) is 2.10. The molecule has 4 heterocycles. The standard InChI is InChI=1S/C17H17N5O2S/c23-16(18-10-1-2-10)13-7-11-9-21(4-5-22(11)20-13)17(24)14-8-15-12(19-14)3-6-25-15/h3,6-8,10,19H,1-2,4-5,9H2,(H,18,23). The van der Waals surface area contributed by atoms with Crippen molar-refractivity contribution < 1.29 is 9.59 Å². The molecule has 0 unspecified atom stereocenters. The Labute approximate surface area is 147 Å². The lowest BCUT2D eigenvalue weighted by atomic mass is 10.2. The number of carbonyl (C=O) groups excluding carboxylic acids is 2. The number of carbonyl (C=O) groups is 2. The lowest BCUT2D eigenvalue weighted by molar-refractivity contribution is 0.0700. The number of amides is 2. The maximum Gasteiger partial charge on any atom is 0.272 e. The molecule has 0 atom stereocenters. The molecule has 0 saturated heterocycles. The van der Waals surface area contributed by atoms with Crippen molar-refractivity contribution in [1.82, 2.24) is 25.0 Å². The van der Waals surface area contributed by atoms with E-state index in [0.29, 0.717) is 37.1 Å². The normalized spacial score (nSPS) is 16.9. The summed E-state index contributed by atoms with van der Waals surface area (Å²) in [5.74, 6) is -0.133. The Balaban J connectivity index is 1.34. The van der Waals surface area contributed by atoms with Gasteiger partial charge < -0.3 is 15.2 Å². The monoisotopic (exact) mass is 355 g/mol. The van der Waals surface area contributed by atoms with E-state index >= 15 is 0 Å². The molecule has 2 N–H and O–H groups in total. The molecule has 2 aliphatic rings. The number of aromatic amines is 1. The largest absolute Gasteiger partial charge is 0.350 e. The minimum absolute atomic E-state index is 0.0140. The summed E-state index contributed by atoms with van der Waals surface area (Å²) in [6.45, 7) is 1.66. The van der Waals surface area contributed by atoms with Crippen molar-refractivity contribution in [3.05, 3.63) is 40.7 Å². The first-order valence-electron chi connectivity index (χ1n) is 8.40. The van der Waals surface area contributed by atoms with Crippen LogP contribution in [0.3, 0.4) is 0 Å². The quantitative estimate of drug-likeness (QED) is 0.753. The molecule has 128 valence electrons. The van der Waals surface area contributed by atoms with Gasteiger partial charge in [-0.1, -0.05) is 0 Å². The van der Waals surface area contributed by atoms with E-state index in [-0.39, 0.29) is 11.8 Å². The van der Waals surface area contributed by atoms with Gasteiger partial charge in [-0.05, 0) is 36.4 Å². The minimum Gasteiger partial charge on any atom is -0.350 e. The van der Waals surface area contributed by atoms with Crippen molar-refractivity contribution in [2.24, 2.45) is 0 Å². The van der Waals surface area contributed by atoms with E-state index in [4.69, 9.17) is 0 Å². The van der Waals surface area contributed by atoms with Gasteiger partial charge in [0.25, 0.3) is 11.8 Å². The number of nitrogens with one attached hydrogen (secondary N) is 2. The zero-order chi connectivity index (χ0) is 17.0. The number of hydrogen-bond acceptors (Lipinski definition) is 4. The van der Waals surface area contributed by atoms with Crippen LogP contribution < -0.4 is 5.32 Å². The average Bonchev–Trinajstić information content (AvgIpc) is 3.00. The summed E-state index contributed by atoms with van der Waals surface area (Å²) in [7, 11) is 0. The Hall–Kier alpha value is -2.61. The van der Waals surface area contributed by atoms with Gasteiger partial charge in [0, 0.05) is 12.6 Å². The molecule has 1 fully saturated rings. The molecule has 0 aromatic carbocycles. The Morgan fingerprint density at radius 1 is 1.28 bits per heavy atom. The van der Waals surface area contributed by atoms with E-state index in [1.54, 1.807) is 22.3 Å². The van der Waals surface area contributed by atoms with Crippen molar-refractivity contribution in [2.45, 2.75) is 32.0 Å². The lowest BCUT2D eigenvalue weighted by Gasteiger charge is -2.27. The van der Waals surface area contributed by atoms with Crippen molar-refractivity contribution in [2.75, 3.05) is 6.54 Å². The number of fused-ring (bicyclic) bond motifs is 2. The first-order chi connectivity index (χ1) is 12.2. The SMILES string of the molecule is O=C(NC1CC1)c1cc2n(n1)CCN(C(=O)c1cc3sccc3[nH]1)C2. The molecule has 3 aromatic heterocycles. The topological polar surface area (TPSA) is 83.0 Å². The summed E-state index contributed by atoms with van der Waals surface area (Å²) in [5.41, 5.74) is 2.95. The summed E-state index contributed by atoms with van der Waals surface area (Å²) in [5, 5.41) is 9.34. The Kier molecular flexibility index (Phi) is 3.21. The summed E-state index contributed by atoms with van der Waals surface area (Å²) >= 11 is 1.62. The Morgan fingerprint density at radius 2 is 2.16 bits per heavy atom. The highest BCUT2D eigenvalue weighted by atomic mass is 32.1. The highest BCUT2D eigenvalue weighted by Crippen LogP contribution is 2.24. The molecule has 25 heavy (non-hydrogen) atoms. The van der Waals surface area contributed by atoms with Crippen molar-refractivity contribution in [3.8, 4) is 0 Å². The van der Waals surface area contributed by atoms with Crippen LogP contribution in [0.1, 0.15) is 39.5 Å². The lowest BCUT2D eigenvalue weighted by Crippen LogP contribution is -2.38. The van der Waals surface area contributed by atoms with E-state index in [2.05, 4.69) is 15.4 Å². The number of nitrogens with zero attached hydrogens (tertiary/aromatic N) is 3. The second kappa shape index (κ2) is 5.45. The molecular formula is C17H17N5O2S. The van der Waals surface area contributed by atoms with Crippen LogP contribution in [0.4, 0.5) is 0 Å². The molecule has 1 saturated carbocycles. The second-order valence-corrected chi connectivity index (χ2v) is 7.55. The fourth-order valence-corrected chi connectivity index (χ4v) is 3.95. The molecule has 3 aromatic rings. The number of aromatic nitrogens is 3. The third-order valence-electron chi connectivity index (χ3n) is 4.70. The highest BCUT2D eigenvalue weighted by Gasteiger charge is 2.28. The maximum atomic E-state index is 12.8. The molecule has 0 bridgehead atoms. The van der Waals surface area contributed by atoms with Crippen molar-refractivity contribution in [3.63, 3.8) is 0 Å². The summed E-state index contributed by atoms with van der Waals surface area (Å²) in [4.78, 5) is 29.9. The fraction of sp³-hybridized carbons (Fsp3) is 0.353. The van der Waals surface area contributed by atoms with Gasteiger partial charge in [-0.15, -0.1) is 11.3 Å². The third kappa shape index (κ3) is 2.62. The zero-order valence-corrected chi connectivity index (χ0v) is 14.3. The van der Waals surface area contributed by atoms with Crippen LogP contribution in [0, 0.1) is 0 Å². The number of H-pyrrole nitrogens is 1. The van der Waals surface area contributed by atoms with Gasteiger partial charge in [0.05, 0.1) is 29.0 Å². The average molecular weight is 355 g/mol. The first kappa shape index (κ1) is 14.7. The van der Waals surface area contributed by atoms with E-state index in [1.165, 1.54) is 0 Å². The molecule has 5 rings (SSSR count). The van der Waals surface area contributed by atoms with Crippen LogP contribution in [0.2, 0.25) is 0 Å². The maximum absolute atomic E-state index is 12.8. The number of hydrogen-bond donors (Lipinski definition) is 2. The molecule has 1 aliphatic carbocycles. The van der Waals surface area contributed by atoms with Crippen LogP contribution in [-0.4, -0.2) is 44.1 Å². The fourth-order valence-electron chi connectivity index (χ4n) is 3.17. The van der Waals surface area contributed by atoms with Crippen LogP contribution in [-0.2, 0) is 13.1 Å². The second-order valence-electron chi connectivity index (χ2n) is 6.60. The molecule has 2 amide bonds. The Morgan fingerprint density at radius 3 is 2.96 bits per heavy atom. The van der Waals surface area contributed by atoms with Gasteiger partial charge in [0.1, 0.15) is 5.69 Å². The van der Waals surface area contributed by atoms with Gasteiger partial charge in [0.2, 0.25) is 0 Å². The van der Waals surface area contributed by atoms with Gasteiger partial charge in [0.15, 0.2) is 5.69 Å². The molecular weight excluding hydrogens is 338 g/mol. The molecule has 7 nitrogen and oxygen atoms in total. The molecule has 8 heteroatoms. The van der Waals surface area contributed by atoms with E-state index in [0.717, 1.165) is 28.8 Å². The minimum atomic E-state index is -0.119. The van der Waals surface area contributed by atoms with Gasteiger partial charge >= 0.3 is 0 Å². The highest BCUT2D eigenvalue weighted by molar-refractivity contribution is 7.17. The predicted octanol–water partition coefficient (Wildman–Crippen LogP) is 1.97. The third-order valence-corrected chi connectivity index (χ3v) is 5.56. The van der Waals surface area contributed by atoms with Gasteiger partial charge in [-0.3, -0.25) is 14.3 Å². The Bertz CT molecular complexity index is 952. The summed E-state index contributed by atoms with van der Waals surface area (Å²) < 4.78 is 2.92. The van der Waals surface area contributed by atoms with Crippen LogP contribution >= 0.6 is 11.3 Å². The van der Waals surface area contributed by atoms with E-state index in [9.17, 15) is 9.59 Å². The van der Waals surface area contributed by atoms with Crippen molar-refractivity contribution >= 4 is 33.4 Å². The van der Waals surface area contributed by atoms with Gasteiger partial charge in [-0.2, -0.15) is 5.10 Å². The molecule has 0 radical (unpaired) electrons. The molecule has 1 aliphatic heterocycles. The number of rotatable bonds is 3. The predicted molar refractivity (Wildman–Crippen MR) is 93.6 cm³/mol. The van der Waals surface area contributed by atoms with Crippen LogP contribution in [0.15, 0.2) is 23.6 Å². The van der Waals surface area contributed by atoms with Crippen molar-refractivity contribution in [1.29, 1.82) is 0 Å². The van der Waals surface area contributed by atoms with E-state index < -0.39 is 0 Å². The number of thiophene rings is 1. The zero-order valence-electron chi connectivity index (χ0n) is 13.5. The molecule has 0 spiro atoms. The van der Waals surface area contributed by atoms with Crippen LogP contribution in [0.5, 0.6) is 0 Å². The van der Waals surface area contributed by atoms with E-state index in [1.807, 2.05) is 22.2 Å². The van der Waals surface area contributed by atoms with Gasteiger partial charge in [-0.25, -0.2) is 0 Å². The smallest absolute Gasteiger partial charge is 0.272 e. The summed E-state index contributed by atoms with van der Waals surface area (Å²) in [6, 6.07) is 5.99. The first-order valence-corrected chi connectivity index (χ1v) is 9.28. The van der Waals surface area contributed by atoms with Crippen LogP contribution in [0.25, 0.3) is 10.2 Å².